The second-order valence-electron chi connectivity index (χ2n) is 7.24. The Labute approximate surface area is 146 Å². The van der Waals surface area contributed by atoms with Gasteiger partial charge in [0.2, 0.25) is 5.91 Å². The van der Waals surface area contributed by atoms with Crippen molar-refractivity contribution >= 4 is 29.0 Å². The minimum absolute atomic E-state index is 0.221. The Hall–Kier alpha value is -0.590. The summed E-state index contributed by atoms with van der Waals surface area (Å²) >= 11 is 3.68. The van der Waals surface area contributed by atoms with Gasteiger partial charge in [0.25, 0.3) is 0 Å². The molecule has 0 aromatic carbocycles. The van der Waals surface area contributed by atoms with Crippen LogP contribution in [0.15, 0.2) is 9.72 Å². The molecule has 2 aliphatic heterocycles. The first-order chi connectivity index (χ1) is 11.2. The van der Waals surface area contributed by atoms with Crippen LogP contribution >= 0.6 is 23.1 Å². The first-order valence-electron chi connectivity index (χ1n) is 8.82. The van der Waals surface area contributed by atoms with E-state index in [0.717, 1.165) is 25.0 Å². The van der Waals surface area contributed by atoms with Gasteiger partial charge in [-0.2, -0.15) is 0 Å². The van der Waals surface area contributed by atoms with Crippen LogP contribution in [0.5, 0.6) is 0 Å². The molecule has 3 fully saturated rings. The quantitative estimate of drug-likeness (QED) is 0.875. The number of aryl methyl sites for hydroxylation is 1. The number of thiazole rings is 1. The van der Waals surface area contributed by atoms with Gasteiger partial charge in [0.05, 0.1) is 5.92 Å². The van der Waals surface area contributed by atoms with Crippen molar-refractivity contribution in [2.24, 2.45) is 5.92 Å². The van der Waals surface area contributed by atoms with Crippen molar-refractivity contribution in [2.75, 3.05) is 0 Å². The van der Waals surface area contributed by atoms with Crippen LogP contribution in [0.3, 0.4) is 0 Å². The molecule has 2 N–H and O–H groups in total. The van der Waals surface area contributed by atoms with E-state index in [4.69, 9.17) is 0 Å². The summed E-state index contributed by atoms with van der Waals surface area (Å²) in [4.78, 5) is 17.1. The third kappa shape index (κ3) is 3.59. The van der Waals surface area contributed by atoms with E-state index >= 15 is 0 Å². The zero-order valence-electron chi connectivity index (χ0n) is 13.6. The molecule has 2 bridgehead atoms. The van der Waals surface area contributed by atoms with E-state index in [1.54, 1.807) is 11.3 Å². The number of thioether (sulfide) groups is 1. The van der Waals surface area contributed by atoms with Gasteiger partial charge in [-0.3, -0.25) is 4.79 Å². The Morgan fingerprint density at radius 3 is 2.74 bits per heavy atom. The molecule has 3 atom stereocenters. The number of aromatic nitrogens is 1. The molecule has 1 amide bonds. The van der Waals surface area contributed by atoms with E-state index in [0.29, 0.717) is 29.3 Å². The molecule has 0 unspecified atom stereocenters. The van der Waals surface area contributed by atoms with Crippen LogP contribution in [-0.2, 0) is 4.79 Å². The molecule has 3 aliphatic rings. The molecule has 6 heteroatoms. The molecule has 1 aromatic rings. The lowest BCUT2D eigenvalue weighted by Gasteiger charge is -2.30. The van der Waals surface area contributed by atoms with Gasteiger partial charge >= 0.3 is 0 Å². The molecule has 0 radical (unpaired) electrons. The highest BCUT2D eigenvalue weighted by molar-refractivity contribution is 8.01. The van der Waals surface area contributed by atoms with Gasteiger partial charge < -0.3 is 10.6 Å². The van der Waals surface area contributed by atoms with Crippen molar-refractivity contribution in [3.05, 3.63) is 11.1 Å². The number of hydrogen-bond donors (Lipinski definition) is 2. The highest BCUT2D eigenvalue weighted by atomic mass is 32.2. The molecule has 1 saturated carbocycles. The molecule has 2 saturated heterocycles. The van der Waals surface area contributed by atoms with Gasteiger partial charge in [0.1, 0.15) is 4.34 Å². The number of carbonyl (C=O) groups is 1. The summed E-state index contributed by atoms with van der Waals surface area (Å²) in [5.74, 6) is 0.524. The Morgan fingerprint density at radius 2 is 2.13 bits per heavy atom. The van der Waals surface area contributed by atoms with Gasteiger partial charge in [0, 0.05) is 34.4 Å². The van der Waals surface area contributed by atoms with E-state index in [2.05, 4.69) is 27.9 Å². The van der Waals surface area contributed by atoms with Crippen molar-refractivity contribution in [3.8, 4) is 0 Å². The molecule has 126 valence electrons. The maximum Gasteiger partial charge on any atom is 0.224 e. The summed E-state index contributed by atoms with van der Waals surface area (Å²) in [6.45, 7) is 2.05. The molecule has 1 aliphatic carbocycles. The maximum absolute atomic E-state index is 12.5. The number of hydrogen-bond acceptors (Lipinski definition) is 5. The first kappa shape index (κ1) is 15.9. The fourth-order valence-electron chi connectivity index (χ4n) is 4.28. The fraction of sp³-hybridized carbons (Fsp3) is 0.765. The molecule has 4 rings (SSSR count). The molecule has 4 nitrogen and oxygen atoms in total. The second kappa shape index (κ2) is 6.73. The number of amides is 1. The third-order valence-corrected chi connectivity index (χ3v) is 7.95. The standard InChI is InChI=1S/C17H25N3OS2/c1-10-9-22-17(18-10)23-13-5-2-11(3-6-13)20-16(21)14-8-12-4-7-15(14)19-12/h9,11-15,19H,2-8H2,1H3,(H,20,21)/t11?,12-,13?,14+,15+/m1/s1. The van der Waals surface area contributed by atoms with E-state index in [-0.39, 0.29) is 5.92 Å². The minimum atomic E-state index is 0.221. The SMILES string of the molecule is Cc1csc(SC2CCC(NC(=O)[C@H]3C[C@H]4CC[C@@H]3N4)CC2)n1. The zero-order valence-corrected chi connectivity index (χ0v) is 15.2. The van der Waals surface area contributed by atoms with Crippen LogP contribution < -0.4 is 10.6 Å². The van der Waals surface area contributed by atoms with E-state index < -0.39 is 0 Å². The Bertz CT molecular complexity index is 568. The summed E-state index contributed by atoms with van der Waals surface area (Å²) in [5.41, 5.74) is 1.12. The molecule has 23 heavy (non-hydrogen) atoms. The van der Waals surface area contributed by atoms with Crippen molar-refractivity contribution in [1.29, 1.82) is 0 Å². The zero-order chi connectivity index (χ0) is 15.8. The smallest absolute Gasteiger partial charge is 0.224 e. The normalized spacial score (nSPS) is 36.3. The average Bonchev–Trinajstić information content (AvgIpc) is 3.26. The van der Waals surface area contributed by atoms with Gasteiger partial charge in [-0.25, -0.2) is 4.98 Å². The topological polar surface area (TPSA) is 54.0 Å². The van der Waals surface area contributed by atoms with E-state index in [1.165, 1.54) is 30.0 Å². The number of nitrogens with one attached hydrogen (secondary N) is 2. The number of rotatable bonds is 4. The summed E-state index contributed by atoms with van der Waals surface area (Å²) in [6, 6.07) is 1.43. The second-order valence-corrected chi connectivity index (χ2v) is 9.65. The van der Waals surface area contributed by atoms with E-state index in [1.807, 2.05) is 11.8 Å². The Kier molecular flexibility index (Phi) is 4.65. The van der Waals surface area contributed by atoms with Crippen molar-refractivity contribution < 1.29 is 4.79 Å². The van der Waals surface area contributed by atoms with Crippen LogP contribution in [-0.4, -0.2) is 34.3 Å². The first-order valence-corrected chi connectivity index (χ1v) is 10.6. The van der Waals surface area contributed by atoms with Gasteiger partial charge in [-0.15, -0.1) is 11.3 Å². The van der Waals surface area contributed by atoms with Gasteiger partial charge in [-0.05, 0) is 51.9 Å². The summed E-state index contributed by atoms with van der Waals surface area (Å²) in [6.07, 6.45) is 8.08. The predicted octanol–water partition coefficient (Wildman–Crippen LogP) is 3.11. The lowest BCUT2D eigenvalue weighted by molar-refractivity contribution is -0.126. The molecular formula is C17H25N3OS2. The lowest BCUT2D eigenvalue weighted by atomic mass is 9.87. The van der Waals surface area contributed by atoms with Crippen molar-refractivity contribution in [2.45, 2.75) is 79.6 Å². The van der Waals surface area contributed by atoms with Crippen LogP contribution in [0.2, 0.25) is 0 Å². The fourth-order valence-corrected chi connectivity index (χ4v) is 6.56. The van der Waals surface area contributed by atoms with Crippen LogP contribution in [0.25, 0.3) is 0 Å². The predicted molar refractivity (Wildman–Crippen MR) is 94.9 cm³/mol. The monoisotopic (exact) mass is 351 g/mol. The number of nitrogens with zero attached hydrogens (tertiary/aromatic N) is 1. The Morgan fingerprint density at radius 1 is 1.30 bits per heavy atom. The number of carbonyl (C=O) groups excluding carboxylic acids is 1. The van der Waals surface area contributed by atoms with Crippen LogP contribution in [0.4, 0.5) is 0 Å². The van der Waals surface area contributed by atoms with Crippen molar-refractivity contribution in [3.63, 3.8) is 0 Å². The number of fused-ring (bicyclic) bond motifs is 2. The molecule has 1 aromatic heterocycles. The van der Waals surface area contributed by atoms with E-state index in [9.17, 15) is 4.79 Å². The van der Waals surface area contributed by atoms with Crippen LogP contribution in [0.1, 0.15) is 50.6 Å². The Balaban J connectivity index is 1.23. The van der Waals surface area contributed by atoms with Gasteiger partial charge in [0.15, 0.2) is 0 Å². The largest absolute Gasteiger partial charge is 0.353 e. The highest BCUT2D eigenvalue weighted by Gasteiger charge is 2.43. The van der Waals surface area contributed by atoms with Gasteiger partial charge in [-0.1, -0.05) is 11.8 Å². The molecular weight excluding hydrogens is 326 g/mol. The highest BCUT2D eigenvalue weighted by Crippen LogP contribution is 2.36. The lowest BCUT2D eigenvalue weighted by Crippen LogP contribution is -2.44. The summed E-state index contributed by atoms with van der Waals surface area (Å²) in [7, 11) is 0. The van der Waals surface area contributed by atoms with Crippen LogP contribution in [0, 0.1) is 12.8 Å². The average molecular weight is 352 g/mol. The third-order valence-electron chi connectivity index (χ3n) is 5.52. The van der Waals surface area contributed by atoms with Crippen molar-refractivity contribution in [1.82, 2.24) is 15.6 Å². The summed E-state index contributed by atoms with van der Waals surface area (Å²) in [5, 5.41) is 9.68. The minimum Gasteiger partial charge on any atom is -0.353 e. The maximum atomic E-state index is 12.5. The molecule has 0 spiro atoms. The molecule has 3 heterocycles. The summed E-state index contributed by atoms with van der Waals surface area (Å²) < 4.78 is 1.20.